The van der Waals surface area contributed by atoms with Gasteiger partial charge < -0.3 is 9.42 Å². The molecule has 2 aliphatic heterocycles. The molecule has 0 spiro atoms. The third kappa shape index (κ3) is 3.02. The first-order chi connectivity index (χ1) is 10.8. The lowest BCUT2D eigenvalue weighted by Crippen LogP contribution is -2.43. The molecule has 120 valence electrons. The predicted molar refractivity (Wildman–Crippen MR) is 80.5 cm³/mol. The predicted octanol–water partition coefficient (Wildman–Crippen LogP) is 1.75. The first-order valence-corrected chi connectivity index (χ1v) is 8.63. The summed E-state index contributed by atoms with van der Waals surface area (Å²) in [6.07, 6.45) is 6.87. The lowest BCUT2D eigenvalue weighted by atomic mass is 9.97. The van der Waals surface area contributed by atoms with Crippen molar-refractivity contribution < 1.29 is 9.32 Å². The van der Waals surface area contributed by atoms with E-state index in [2.05, 4.69) is 15.0 Å². The van der Waals surface area contributed by atoms with Crippen molar-refractivity contribution >= 4 is 5.91 Å². The molecule has 0 bridgehead atoms. The van der Waals surface area contributed by atoms with E-state index in [1.54, 1.807) is 0 Å². The Hall–Kier alpha value is -1.43. The van der Waals surface area contributed by atoms with Crippen LogP contribution in [0.3, 0.4) is 0 Å². The molecule has 0 N–H and O–H groups in total. The van der Waals surface area contributed by atoms with Crippen molar-refractivity contribution in [3.63, 3.8) is 0 Å². The number of aromatic nitrogens is 2. The second-order valence-corrected chi connectivity index (χ2v) is 6.93. The van der Waals surface area contributed by atoms with Crippen molar-refractivity contribution in [1.29, 1.82) is 0 Å². The molecule has 1 aromatic heterocycles. The highest BCUT2D eigenvalue weighted by Gasteiger charge is 2.32. The fourth-order valence-corrected chi connectivity index (χ4v) is 3.58. The van der Waals surface area contributed by atoms with E-state index in [9.17, 15) is 4.79 Å². The minimum absolute atomic E-state index is 0.282. The van der Waals surface area contributed by atoms with Gasteiger partial charge in [-0.15, -0.1) is 0 Å². The number of hydrogen-bond acceptors (Lipinski definition) is 5. The Morgan fingerprint density at radius 1 is 1.09 bits per heavy atom. The maximum Gasteiger partial charge on any atom is 0.236 e. The third-order valence-electron chi connectivity index (χ3n) is 5.07. The van der Waals surface area contributed by atoms with Crippen LogP contribution in [0, 0.1) is 0 Å². The van der Waals surface area contributed by atoms with Crippen molar-refractivity contribution in [3.05, 3.63) is 11.7 Å². The van der Waals surface area contributed by atoms with Crippen molar-refractivity contribution in [2.45, 2.75) is 50.4 Å². The molecule has 1 aromatic rings. The number of carbonyl (C=O) groups excluding carboxylic acids is 1. The molecular weight excluding hydrogens is 280 g/mol. The molecule has 0 aromatic carbocycles. The SMILES string of the molecule is O=C(CN1CCC[C@@H](c2noc(C3CC3)n2)C1)N1CCCC1. The summed E-state index contributed by atoms with van der Waals surface area (Å²) in [6.45, 7) is 4.30. The van der Waals surface area contributed by atoms with E-state index < -0.39 is 0 Å². The monoisotopic (exact) mass is 304 g/mol. The average molecular weight is 304 g/mol. The fourth-order valence-electron chi connectivity index (χ4n) is 3.58. The van der Waals surface area contributed by atoms with E-state index in [-0.39, 0.29) is 5.91 Å². The minimum atomic E-state index is 0.282. The highest BCUT2D eigenvalue weighted by atomic mass is 16.5. The Morgan fingerprint density at radius 3 is 2.68 bits per heavy atom. The first-order valence-electron chi connectivity index (χ1n) is 8.63. The Morgan fingerprint density at radius 2 is 1.91 bits per heavy atom. The van der Waals surface area contributed by atoms with E-state index in [0.29, 0.717) is 18.4 Å². The van der Waals surface area contributed by atoms with Crippen LogP contribution in [0.5, 0.6) is 0 Å². The van der Waals surface area contributed by atoms with Crippen LogP contribution in [-0.2, 0) is 4.79 Å². The molecule has 2 saturated heterocycles. The van der Waals surface area contributed by atoms with Gasteiger partial charge in [0.2, 0.25) is 11.8 Å². The van der Waals surface area contributed by atoms with Gasteiger partial charge in [-0.05, 0) is 45.1 Å². The average Bonchev–Trinajstić information content (AvgIpc) is 3.06. The summed E-state index contributed by atoms with van der Waals surface area (Å²) in [6, 6.07) is 0. The van der Waals surface area contributed by atoms with Crippen molar-refractivity contribution in [2.75, 3.05) is 32.7 Å². The van der Waals surface area contributed by atoms with Crippen LogP contribution >= 0.6 is 0 Å². The molecule has 0 unspecified atom stereocenters. The van der Waals surface area contributed by atoms with Crippen LogP contribution in [0.4, 0.5) is 0 Å². The third-order valence-corrected chi connectivity index (χ3v) is 5.07. The minimum Gasteiger partial charge on any atom is -0.342 e. The summed E-state index contributed by atoms with van der Waals surface area (Å²) in [5.74, 6) is 2.78. The Balaban J connectivity index is 1.35. The normalized spacial score (nSPS) is 26.5. The van der Waals surface area contributed by atoms with Gasteiger partial charge in [0.1, 0.15) is 0 Å². The summed E-state index contributed by atoms with van der Waals surface area (Å²) in [5, 5.41) is 4.18. The zero-order chi connectivity index (χ0) is 14.9. The van der Waals surface area contributed by atoms with Crippen LogP contribution in [0.15, 0.2) is 4.52 Å². The number of carbonyl (C=O) groups is 1. The summed E-state index contributed by atoms with van der Waals surface area (Å²) in [5.41, 5.74) is 0. The van der Waals surface area contributed by atoms with Gasteiger partial charge in [0.25, 0.3) is 0 Å². The zero-order valence-corrected chi connectivity index (χ0v) is 13.0. The van der Waals surface area contributed by atoms with Crippen molar-refractivity contribution in [1.82, 2.24) is 19.9 Å². The lowest BCUT2D eigenvalue weighted by Gasteiger charge is -2.31. The van der Waals surface area contributed by atoms with Crippen LogP contribution in [-0.4, -0.2) is 58.6 Å². The largest absolute Gasteiger partial charge is 0.342 e. The van der Waals surface area contributed by atoms with E-state index in [1.165, 1.54) is 12.8 Å². The smallest absolute Gasteiger partial charge is 0.236 e. The number of amides is 1. The van der Waals surface area contributed by atoms with Gasteiger partial charge in [-0.2, -0.15) is 4.98 Å². The molecule has 1 saturated carbocycles. The topological polar surface area (TPSA) is 62.5 Å². The Labute approximate surface area is 130 Å². The Bertz CT molecular complexity index is 534. The lowest BCUT2D eigenvalue weighted by molar-refractivity contribution is -0.131. The van der Waals surface area contributed by atoms with Gasteiger partial charge in [-0.3, -0.25) is 9.69 Å². The van der Waals surface area contributed by atoms with Crippen LogP contribution in [0.2, 0.25) is 0 Å². The van der Waals surface area contributed by atoms with Crippen LogP contribution < -0.4 is 0 Å². The standard InChI is InChI=1S/C16H24N4O2/c21-14(20-8-1-2-9-20)11-19-7-3-4-13(10-19)15-17-16(22-18-15)12-5-6-12/h12-13H,1-11H2/t13-/m1/s1. The quantitative estimate of drug-likeness (QED) is 0.848. The van der Waals surface area contributed by atoms with E-state index in [0.717, 1.165) is 63.6 Å². The maximum absolute atomic E-state index is 12.3. The van der Waals surface area contributed by atoms with Crippen molar-refractivity contribution in [2.24, 2.45) is 0 Å². The number of piperidine rings is 1. The number of hydrogen-bond donors (Lipinski definition) is 0. The van der Waals surface area contributed by atoms with Crippen LogP contribution in [0.1, 0.15) is 62.1 Å². The van der Waals surface area contributed by atoms with Crippen LogP contribution in [0.25, 0.3) is 0 Å². The molecule has 6 nitrogen and oxygen atoms in total. The summed E-state index contributed by atoms with van der Waals surface area (Å²) in [4.78, 5) is 21.1. The van der Waals surface area contributed by atoms with Gasteiger partial charge in [-0.1, -0.05) is 5.16 Å². The Kier molecular flexibility index (Phi) is 3.86. The van der Waals surface area contributed by atoms with E-state index in [1.807, 2.05) is 4.90 Å². The number of rotatable bonds is 4. The summed E-state index contributed by atoms with van der Waals surface area (Å²) < 4.78 is 5.38. The second-order valence-electron chi connectivity index (χ2n) is 6.93. The highest BCUT2D eigenvalue weighted by molar-refractivity contribution is 5.78. The molecule has 3 fully saturated rings. The summed E-state index contributed by atoms with van der Waals surface area (Å²) >= 11 is 0. The van der Waals surface area contributed by atoms with Gasteiger partial charge in [0, 0.05) is 31.5 Å². The zero-order valence-electron chi connectivity index (χ0n) is 13.0. The molecule has 4 rings (SSSR count). The second kappa shape index (κ2) is 5.99. The van der Waals surface area contributed by atoms with E-state index in [4.69, 9.17) is 4.52 Å². The van der Waals surface area contributed by atoms with Gasteiger partial charge in [0.05, 0.1) is 6.54 Å². The number of nitrogens with zero attached hydrogens (tertiary/aromatic N) is 4. The molecule has 3 aliphatic rings. The van der Waals surface area contributed by atoms with Crippen molar-refractivity contribution in [3.8, 4) is 0 Å². The van der Waals surface area contributed by atoms with Gasteiger partial charge >= 0.3 is 0 Å². The molecule has 0 radical (unpaired) electrons. The van der Waals surface area contributed by atoms with Gasteiger partial charge in [0.15, 0.2) is 5.82 Å². The molecule has 1 aliphatic carbocycles. The first kappa shape index (κ1) is 14.2. The molecule has 3 heterocycles. The molecule has 1 amide bonds. The highest BCUT2D eigenvalue weighted by Crippen LogP contribution is 2.39. The molecule has 1 atom stereocenters. The van der Waals surface area contributed by atoms with E-state index >= 15 is 0 Å². The molecule has 22 heavy (non-hydrogen) atoms. The number of likely N-dealkylation sites (tertiary alicyclic amines) is 2. The molecular formula is C16H24N4O2. The maximum atomic E-state index is 12.3. The summed E-state index contributed by atoms with van der Waals surface area (Å²) in [7, 11) is 0. The van der Waals surface area contributed by atoms with Gasteiger partial charge in [-0.25, -0.2) is 0 Å². The molecule has 6 heteroatoms. The fraction of sp³-hybridized carbons (Fsp3) is 0.812.